The highest BCUT2D eigenvalue weighted by Gasteiger charge is 2.19. The fourth-order valence-corrected chi connectivity index (χ4v) is 2.48. The van der Waals surface area contributed by atoms with Gasteiger partial charge >= 0.3 is 0 Å². The number of halogens is 1. The molecule has 0 fully saturated rings. The molecule has 4 nitrogen and oxygen atoms in total. The zero-order chi connectivity index (χ0) is 14.1. The SMILES string of the molecule is CNC(c1ccnc(C)n1)c1cc2cccc(Cl)c2o1. The minimum atomic E-state index is -0.125. The molecular formula is C15H14ClN3O. The molecule has 102 valence electrons. The number of benzene rings is 1. The third-order valence-corrected chi connectivity index (χ3v) is 3.48. The summed E-state index contributed by atoms with van der Waals surface area (Å²) in [5.41, 5.74) is 1.57. The second kappa shape index (κ2) is 5.23. The number of nitrogens with zero attached hydrogens (tertiary/aromatic N) is 2. The maximum atomic E-state index is 6.15. The van der Waals surface area contributed by atoms with Gasteiger partial charge < -0.3 is 9.73 Å². The molecule has 2 aromatic heterocycles. The van der Waals surface area contributed by atoms with Gasteiger partial charge in [-0.05, 0) is 32.2 Å². The van der Waals surface area contributed by atoms with Crippen LogP contribution in [0.25, 0.3) is 11.0 Å². The Bertz CT molecular complexity index is 754. The molecule has 3 aromatic rings. The van der Waals surface area contributed by atoms with Crippen LogP contribution in [0.15, 0.2) is 40.9 Å². The van der Waals surface area contributed by atoms with Gasteiger partial charge in [-0.1, -0.05) is 23.7 Å². The first-order valence-electron chi connectivity index (χ1n) is 6.34. The zero-order valence-electron chi connectivity index (χ0n) is 11.2. The Balaban J connectivity index is 2.09. The molecular weight excluding hydrogens is 274 g/mol. The summed E-state index contributed by atoms with van der Waals surface area (Å²) in [6.07, 6.45) is 1.75. The monoisotopic (exact) mass is 287 g/mol. The molecule has 5 heteroatoms. The molecule has 0 saturated heterocycles. The van der Waals surface area contributed by atoms with Crippen LogP contribution in [-0.2, 0) is 0 Å². The van der Waals surface area contributed by atoms with E-state index in [4.69, 9.17) is 16.0 Å². The molecule has 20 heavy (non-hydrogen) atoms. The molecule has 3 rings (SSSR count). The highest BCUT2D eigenvalue weighted by Crippen LogP contribution is 2.31. The highest BCUT2D eigenvalue weighted by atomic mass is 35.5. The summed E-state index contributed by atoms with van der Waals surface area (Å²) in [6, 6.07) is 9.45. The van der Waals surface area contributed by atoms with E-state index < -0.39 is 0 Å². The van der Waals surface area contributed by atoms with Crippen LogP contribution in [0.4, 0.5) is 0 Å². The average Bonchev–Trinajstić information content (AvgIpc) is 2.85. The summed E-state index contributed by atoms with van der Waals surface area (Å²) in [6.45, 7) is 1.87. The first-order valence-corrected chi connectivity index (χ1v) is 6.71. The van der Waals surface area contributed by atoms with Crippen molar-refractivity contribution in [1.29, 1.82) is 0 Å². The molecule has 0 bridgehead atoms. The Morgan fingerprint density at radius 3 is 2.85 bits per heavy atom. The molecule has 0 aliphatic carbocycles. The molecule has 0 spiro atoms. The standard InChI is InChI=1S/C15H14ClN3O/c1-9-18-7-6-12(19-9)14(17-2)13-8-10-4-3-5-11(16)15(10)20-13/h3-8,14,17H,1-2H3. The van der Waals surface area contributed by atoms with Crippen molar-refractivity contribution in [3.05, 3.63) is 58.8 Å². The van der Waals surface area contributed by atoms with Crippen molar-refractivity contribution in [3.63, 3.8) is 0 Å². The van der Waals surface area contributed by atoms with Crippen molar-refractivity contribution in [2.75, 3.05) is 7.05 Å². The van der Waals surface area contributed by atoms with E-state index in [1.807, 2.05) is 44.3 Å². The van der Waals surface area contributed by atoms with Crippen LogP contribution in [0.3, 0.4) is 0 Å². The number of rotatable bonds is 3. The Morgan fingerprint density at radius 2 is 2.15 bits per heavy atom. The molecule has 1 aromatic carbocycles. The van der Waals surface area contributed by atoms with E-state index in [9.17, 15) is 0 Å². The van der Waals surface area contributed by atoms with Crippen molar-refractivity contribution in [3.8, 4) is 0 Å². The molecule has 1 N–H and O–H groups in total. The van der Waals surface area contributed by atoms with E-state index in [0.717, 1.165) is 22.7 Å². The van der Waals surface area contributed by atoms with Crippen LogP contribution in [0.2, 0.25) is 5.02 Å². The van der Waals surface area contributed by atoms with Gasteiger partial charge in [-0.2, -0.15) is 0 Å². The first-order chi connectivity index (χ1) is 9.69. The number of hydrogen-bond acceptors (Lipinski definition) is 4. The topological polar surface area (TPSA) is 51.0 Å². The summed E-state index contributed by atoms with van der Waals surface area (Å²) in [4.78, 5) is 8.56. The second-order valence-corrected chi connectivity index (χ2v) is 4.96. The molecule has 0 radical (unpaired) electrons. The summed E-state index contributed by atoms with van der Waals surface area (Å²) in [7, 11) is 1.87. The quantitative estimate of drug-likeness (QED) is 0.801. The van der Waals surface area contributed by atoms with Gasteiger partial charge in [0.2, 0.25) is 0 Å². The summed E-state index contributed by atoms with van der Waals surface area (Å²) >= 11 is 6.15. The van der Waals surface area contributed by atoms with Crippen molar-refractivity contribution >= 4 is 22.6 Å². The lowest BCUT2D eigenvalue weighted by atomic mass is 10.1. The summed E-state index contributed by atoms with van der Waals surface area (Å²) < 4.78 is 5.89. The van der Waals surface area contributed by atoms with Crippen molar-refractivity contribution in [2.45, 2.75) is 13.0 Å². The molecule has 1 atom stereocenters. The number of aromatic nitrogens is 2. The Kier molecular flexibility index (Phi) is 3.42. The van der Waals surface area contributed by atoms with E-state index in [0.29, 0.717) is 10.6 Å². The predicted molar refractivity (Wildman–Crippen MR) is 78.9 cm³/mol. The lowest BCUT2D eigenvalue weighted by Crippen LogP contribution is -2.18. The molecule has 0 amide bonds. The fourth-order valence-electron chi connectivity index (χ4n) is 2.26. The van der Waals surface area contributed by atoms with Crippen molar-refractivity contribution < 1.29 is 4.42 Å². The van der Waals surface area contributed by atoms with Gasteiger partial charge in [0.15, 0.2) is 5.58 Å². The minimum Gasteiger partial charge on any atom is -0.457 e. The van der Waals surface area contributed by atoms with Gasteiger partial charge in [0, 0.05) is 11.6 Å². The maximum Gasteiger partial charge on any atom is 0.152 e. The minimum absolute atomic E-state index is 0.125. The number of nitrogens with one attached hydrogen (secondary N) is 1. The third-order valence-electron chi connectivity index (χ3n) is 3.18. The van der Waals surface area contributed by atoms with E-state index >= 15 is 0 Å². The summed E-state index contributed by atoms with van der Waals surface area (Å²) in [5.74, 6) is 1.52. The van der Waals surface area contributed by atoms with Crippen LogP contribution < -0.4 is 5.32 Å². The van der Waals surface area contributed by atoms with Crippen LogP contribution in [0.5, 0.6) is 0 Å². The Morgan fingerprint density at radius 1 is 1.30 bits per heavy atom. The second-order valence-electron chi connectivity index (χ2n) is 4.56. The van der Waals surface area contributed by atoms with E-state index in [-0.39, 0.29) is 6.04 Å². The Hall–Kier alpha value is -1.91. The fraction of sp³-hybridized carbons (Fsp3) is 0.200. The molecule has 0 saturated carbocycles. The number of furan rings is 1. The normalized spacial score (nSPS) is 12.8. The predicted octanol–water partition coefficient (Wildman–Crippen LogP) is 3.49. The van der Waals surface area contributed by atoms with Crippen LogP contribution in [0.1, 0.15) is 23.3 Å². The maximum absolute atomic E-state index is 6.15. The van der Waals surface area contributed by atoms with Gasteiger partial charge in [0.25, 0.3) is 0 Å². The zero-order valence-corrected chi connectivity index (χ0v) is 12.0. The lowest BCUT2D eigenvalue weighted by molar-refractivity contribution is 0.485. The molecule has 0 aliphatic rings. The van der Waals surface area contributed by atoms with Crippen molar-refractivity contribution in [2.24, 2.45) is 0 Å². The summed E-state index contributed by atoms with van der Waals surface area (Å²) in [5, 5.41) is 4.81. The number of para-hydroxylation sites is 1. The first kappa shape index (κ1) is 13.1. The average molecular weight is 288 g/mol. The number of fused-ring (bicyclic) bond motifs is 1. The molecule has 0 aliphatic heterocycles. The van der Waals surface area contributed by atoms with Crippen LogP contribution in [-0.4, -0.2) is 17.0 Å². The van der Waals surface area contributed by atoms with Gasteiger partial charge in [0.1, 0.15) is 17.6 Å². The smallest absolute Gasteiger partial charge is 0.152 e. The molecule has 1 unspecified atom stereocenters. The van der Waals surface area contributed by atoms with Gasteiger partial charge in [-0.15, -0.1) is 0 Å². The number of hydrogen-bond donors (Lipinski definition) is 1. The van der Waals surface area contributed by atoms with Gasteiger partial charge in [-0.25, -0.2) is 9.97 Å². The number of aryl methyl sites for hydroxylation is 1. The third kappa shape index (κ3) is 2.28. The lowest BCUT2D eigenvalue weighted by Gasteiger charge is -2.12. The van der Waals surface area contributed by atoms with E-state index in [2.05, 4.69) is 15.3 Å². The van der Waals surface area contributed by atoms with Gasteiger partial charge in [0.05, 0.1) is 10.7 Å². The van der Waals surface area contributed by atoms with Gasteiger partial charge in [-0.3, -0.25) is 0 Å². The largest absolute Gasteiger partial charge is 0.457 e. The van der Waals surface area contributed by atoms with Crippen molar-refractivity contribution in [1.82, 2.24) is 15.3 Å². The van der Waals surface area contributed by atoms with E-state index in [1.54, 1.807) is 6.20 Å². The van der Waals surface area contributed by atoms with Crippen LogP contribution >= 0.6 is 11.6 Å². The van der Waals surface area contributed by atoms with E-state index in [1.165, 1.54) is 0 Å². The van der Waals surface area contributed by atoms with Crippen LogP contribution in [0, 0.1) is 6.92 Å². The highest BCUT2D eigenvalue weighted by molar-refractivity contribution is 6.34. The Labute approximate surface area is 121 Å². The molecule has 2 heterocycles.